The predicted molar refractivity (Wildman–Crippen MR) is 116 cm³/mol. The number of halogens is 2. The first-order valence-corrected chi connectivity index (χ1v) is 11.6. The van der Waals surface area contributed by atoms with Crippen molar-refractivity contribution in [1.82, 2.24) is 4.90 Å². The molecular weight excluding hydrogens is 438 g/mol. The maximum Gasteiger partial charge on any atom is 0.339 e. The van der Waals surface area contributed by atoms with Gasteiger partial charge in [-0.2, -0.15) is 0 Å². The molecule has 0 atom stereocenters. The van der Waals surface area contributed by atoms with Gasteiger partial charge in [0.25, 0.3) is 5.91 Å². The lowest BCUT2D eigenvalue weighted by atomic mass is 10.0. The molecule has 0 unspecified atom stereocenters. The average molecular weight is 463 g/mol. The molecule has 1 aliphatic carbocycles. The first-order valence-electron chi connectivity index (χ1n) is 10.8. The van der Waals surface area contributed by atoms with Crippen LogP contribution in [0.15, 0.2) is 18.2 Å². The minimum Gasteiger partial charge on any atom is -0.478 e. The molecule has 1 aromatic heterocycles. The number of carboxylic acids is 1. The number of nitrogens with one attached hydrogen (secondary N) is 1. The molecule has 1 fully saturated rings. The summed E-state index contributed by atoms with van der Waals surface area (Å²) in [4.78, 5) is 39.2. The van der Waals surface area contributed by atoms with Crippen LogP contribution in [0.3, 0.4) is 0 Å². The van der Waals surface area contributed by atoms with Gasteiger partial charge in [0.05, 0.1) is 12.1 Å². The van der Waals surface area contributed by atoms with Gasteiger partial charge < -0.3 is 15.3 Å². The van der Waals surface area contributed by atoms with Crippen LogP contribution in [0.25, 0.3) is 0 Å². The summed E-state index contributed by atoms with van der Waals surface area (Å²) in [5, 5.41) is 12.8. The lowest BCUT2D eigenvalue weighted by Crippen LogP contribution is -2.35. The Balaban J connectivity index is 1.48. The topological polar surface area (TPSA) is 86.7 Å². The van der Waals surface area contributed by atoms with Crippen LogP contribution in [0.5, 0.6) is 0 Å². The number of carboxylic acid groups (broad SMARTS) is 1. The minimum atomic E-state index is -1.12. The van der Waals surface area contributed by atoms with Gasteiger partial charge in [-0.25, -0.2) is 13.6 Å². The molecule has 0 spiro atoms. The van der Waals surface area contributed by atoms with E-state index in [2.05, 4.69) is 5.32 Å². The van der Waals surface area contributed by atoms with E-state index >= 15 is 0 Å². The highest BCUT2D eigenvalue weighted by Crippen LogP contribution is 2.38. The maximum absolute atomic E-state index is 13.5. The largest absolute Gasteiger partial charge is 0.478 e. The molecule has 2 heterocycles. The molecule has 170 valence electrons. The fraction of sp³-hybridized carbons (Fsp3) is 0.435. The molecule has 2 N–H and O–H groups in total. The van der Waals surface area contributed by atoms with Gasteiger partial charge in [-0.05, 0) is 42.5 Å². The van der Waals surface area contributed by atoms with Gasteiger partial charge in [0.1, 0.15) is 5.00 Å². The molecule has 4 rings (SSSR count). The summed E-state index contributed by atoms with van der Waals surface area (Å²) >= 11 is 1.16. The van der Waals surface area contributed by atoms with Gasteiger partial charge in [0, 0.05) is 23.4 Å². The Morgan fingerprint density at radius 1 is 1.16 bits per heavy atom. The van der Waals surface area contributed by atoms with Crippen molar-refractivity contribution < 1.29 is 28.3 Å². The molecule has 1 aliphatic heterocycles. The number of rotatable bonds is 6. The first kappa shape index (κ1) is 22.4. The summed E-state index contributed by atoms with van der Waals surface area (Å²) in [6.45, 7) is 0.396. The zero-order valence-corrected chi connectivity index (χ0v) is 18.3. The molecular formula is C23H24F2N2O4S. The smallest absolute Gasteiger partial charge is 0.339 e. The normalized spacial score (nSPS) is 16.1. The van der Waals surface area contributed by atoms with Crippen LogP contribution in [-0.4, -0.2) is 34.3 Å². The quantitative estimate of drug-likeness (QED) is 0.644. The predicted octanol–water partition coefficient (Wildman–Crippen LogP) is 4.83. The zero-order valence-electron chi connectivity index (χ0n) is 17.5. The van der Waals surface area contributed by atoms with Crippen LogP contribution < -0.4 is 5.32 Å². The lowest BCUT2D eigenvalue weighted by molar-refractivity contribution is -0.116. The molecule has 2 amide bonds. The molecule has 0 bridgehead atoms. The highest BCUT2D eigenvalue weighted by molar-refractivity contribution is 7.17. The Labute approximate surface area is 188 Å². The van der Waals surface area contributed by atoms with E-state index in [1.807, 2.05) is 0 Å². The minimum absolute atomic E-state index is 0.0304. The van der Waals surface area contributed by atoms with Gasteiger partial charge in [0.15, 0.2) is 11.6 Å². The Kier molecular flexibility index (Phi) is 6.55. The summed E-state index contributed by atoms with van der Waals surface area (Å²) < 4.78 is 26.7. The molecule has 6 nitrogen and oxygen atoms in total. The van der Waals surface area contributed by atoms with E-state index in [0.717, 1.165) is 42.7 Å². The van der Waals surface area contributed by atoms with Gasteiger partial charge in [-0.3, -0.25) is 9.59 Å². The Bertz CT molecular complexity index is 1060. The van der Waals surface area contributed by atoms with E-state index in [-0.39, 0.29) is 30.1 Å². The van der Waals surface area contributed by atoms with E-state index < -0.39 is 23.5 Å². The Morgan fingerprint density at radius 3 is 2.59 bits per heavy atom. The summed E-state index contributed by atoms with van der Waals surface area (Å²) in [6.07, 6.45) is 6.15. The number of thiophene rings is 1. The zero-order chi connectivity index (χ0) is 22.8. The van der Waals surface area contributed by atoms with Crippen molar-refractivity contribution in [3.63, 3.8) is 0 Å². The second kappa shape index (κ2) is 9.36. The Morgan fingerprint density at radius 2 is 1.91 bits per heavy atom. The molecule has 2 aromatic rings. The number of aromatic carboxylic acids is 1. The standard InChI is InChI=1S/C23H24F2N2O4S/c24-16-7-6-14(11-17(16)25)22(29)27-10-9-15-18(12-27)32-21(20(15)23(30)31)26-19(28)8-5-13-3-1-2-4-13/h6-7,11,13H,1-5,8-10,12H2,(H,26,28)(H,30,31). The van der Waals surface area contributed by atoms with Gasteiger partial charge in [-0.1, -0.05) is 25.7 Å². The summed E-state index contributed by atoms with van der Waals surface area (Å²) in [7, 11) is 0. The number of hydrogen-bond donors (Lipinski definition) is 2. The Hall–Kier alpha value is -2.81. The monoisotopic (exact) mass is 462 g/mol. The fourth-order valence-corrected chi connectivity index (χ4v) is 5.80. The van der Waals surface area contributed by atoms with Crippen LogP contribution in [-0.2, 0) is 17.8 Å². The van der Waals surface area contributed by atoms with Crippen molar-refractivity contribution in [3.8, 4) is 0 Å². The van der Waals surface area contributed by atoms with Crippen LogP contribution in [0.2, 0.25) is 0 Å². The molecule has 0 saturated heterocycles. The summed E-state index contributed by atoms with van der Waals surface area (Å²) in [5.41, 5.74) is 0.727. The van der Waals surface area contributed by atoms with Gasteiger partial charge in [0.2, 0.25) is 5.91 Å². The van der Waals surface area contributed by atoms with Gasteiger partial charge >= 0.3 is 5.97 Å². The second-order valence-electron chi connectivity index (χ2n) is 8.36. The fourth-order valence-electron chi connectivity index (χ4n) is 4.53. The molecule has 9 heteroatoms. The SMILES string of the molecule is O=C(CCC1CCCC1)Nc1sc2c(c1C(=O)O)CCN(C(=O)c1ccc(F)c(F)c1)C2. The van der Waals surface area contributed by atoms with Crippen LogP contribution in [0, 0.1) is 17.6 Å². The van der Waals surface area contributed by atoms with Crippen molar-refractivity contribution in [3.05, 3.63) is 51.4 Å². The van der Waals surface area contributed by atoms with Crippen LogP contribution in [0.1, 0.15) is 69.7 Å². The maximum atomic E-state index is 13.5. The summed E-state index contributed by atoms with van der Waals surface area (Å²) in [5.74, 6) is -3.34. The van der Waals surface area contributed by atoms with E-state index in [4.69, 9.17) is 0 Å². The number of fused-ring (bicyclic) bond motifs is 1. The highest BCUT2D eigenvalue weighted by atomic mass is 32.1. The van der Waals surface area contributed by atoms with Crippen molar-refractivity contribution in [2.45, 2.75) is 51.5 Å². The third-order valence-electron chi connectivity index (χ3n) is 6.23. The number of carbonyl (C=O) groups excluding carboxylic acids is 2. The third-order valence-corrected chi connectivity index (χ3v) is 7.36. The number of benzene rings is 1. The van der Waals surface area contributed by atoms with E-state index in [9.17, 15) is 28.3 Å². The van der Waals surface area contributed by atoms with Crippen molar-refractivity contribution in [2.24, 2.45) is 5.92 Å². The molecule has 0 radical (unpaired) electrons. The number of nitrogens with zero attached hydrogens (tertiary/aromatic N) is 1. The summed E-state index contributed by atoms with van der Waals surface area (Å²) in [6, 6.07) is 2.99. The third kappa shape index (κ3) is 4.67. The second-order valence-corrected chi connectivity index (χ2v) is 9.46. The lowest BCUT2D eigenvalue weighted by Gasteiger charge is -2.27. The van der Waals surface area contributed by atoms with Gasteiger partial charge in [-0.15, -0.1) is 11.3 Å². The first-order chi connectivity index (χ1) is 15.3. The van der Waals surface area contributed by atoms with Crippen molar-refractivity contribution >= 4 is 34.1 Å². The van der Waals surface area contributed by atoms with Crippen LogP contribution in [0.4, 0.5) is 13.8 Å². The van der Waals surface area contributed by atoms with E-state index in [1.165, 1.54) is 23.8 Å². The van der Waals surface area contributed by atoms with Crippen LogP contribution >= 0.6 is 11.3 Å². The molecule has 2 aliphatic rings. The van der Waals surface area contributed by atoms with E-state index in [1.54, 1.807) is 0 Å². The molecule has 1 aromatic carbocycles. The highest BCUT2D eigenvalue weighted by Gasteiger charge is 2.31. The number of hydrogen-bond acceptors (Lipinski definition) is 4. The molecule has 32 heavy (non-hydrogen) atoms. The average Bonchev–Trinajstić information content (AvgIpc) is 3.40. The number of anilines is 1. The van der Waals surface area contributed by atoms with Crippen molar-refractivity contribution in [1.29, 1.82) is 0 Å². The number of carbonyl (C=O) groups is 3. The number of amides is 2. The molecule has 1 saturated carbocycles. The van der Waals surface area contributed by atoms with Crippen molar-refractivity contribution in [2.75, 3.05) is 11.9 Å². The van der Waals surface area contributed by atoms with E-state index in [0.29, 0.717) is 34.2 Å².